The minimum atomic E-state index is -1.06. The molecule has 0 bridgehead atoms. The van der Waals surface area contributed by atoms with E-state index in [4.69, 9.17) is 5.11 Å². The van der Waals surface area contributed by atoms with Crippen LogP contribution in [0, 0.1) is 0 Å². The number of carboxylic acids is 1. The Balaban J connectivity index is 2.52. The van der Waals surface area contributed by atoms with Gasteiger partial charge < -0.3 is 19.9 Å². The first-order valence-electron chi connectivity index (χ1n) is 5.50. The highest BCUT2D eigenvalue weighted by atomic mass is 16.4. The van der Waals surface area contributed by atoms with E-state index in [9.17, 15) is 9.59 Å². The Bertz CT molecular complexity index is 489. The summed E-state index contributed by atoms with van der Waals surface area (Å²) in [5.74, 6) is -1.06. The molecular weight excluding hydrogens is 222 g/mol. The molecule has 1 aliphatic rings. The Morgan fingerprint density at radius 1 is 1.41 bits per heavy atom. The van der Waals surface area contributed by atoms with Crippen LogP contribution >= 0.6 is 0 Å². The molecule has 0 aromatic carbocycles. The van der Waals surface area contributed by atoms with Gasteiger partial charge in [-0.1, -0.05) is 0 Å². The van der Waals surface area contributed by atoms with Crippen molar-refractivity contribution in [3.05, 3.63) is 28.2 Å². The number of pyridine rings is 1. The molecule has 0 unspecified atom stereocenters. The van der Waals surface area contributed by atoms with Crippen molar-refractivity contribution in [3.63, 3.8) is 0 Å². The third-order valence-electron chi connectivity index (χ3n) is 2.91. The molecule has 92 valence electrons. The molecule has 1 aromatic rings. The van der Waals surface area contributed by atoms with Gasteiger partial charge in [0, 0.05) is 39.4 Å². The lowest BCUT2D eigenvalue weighted by Crippen LogP contribution is -2.46. The second-order valence-corrected chi connectivity index (χ2v) is 4.04. The molecule has 2 rings (SSSR count). The van der Waals surface area contributed by atoms with Crippen molar-refractivity contribution in [3.8, 4) is 0 Å². The summed E-state index contributed by atoms with van der Waals surface area (Å²) in [6.45, 7) is 2.83. The predicted octanol–water partition coefficient (Wildman–Crippen LogP) is -0.507. The summed E-state index contributed by atoms with van der Waals surface area (Å²) in [7, 11) is 1.62. The van der Waals surface area contributed by atoms with Crippen LogP contribution in [0.2, 0.25) is 0 Å². The predicted molar refractivity (Wildman–Crippen MR) is 63.7 cm³/mol. The summed E-state index contributed by atoms with van der Waals surface area (Å²) in [6.07, 6.45) is 1.48. The van der Waals surface area contributed by atoms with E-state index in [0.29, 0.717) is 18.8 Å². The molecule has 6 heteroatoms. The fourth-order valence-corrected chi connectivity index (χ4v) is 1.98. The molecule has 1 saturated heterocycles. The minimum absolute atomic E-state index is 0.0787. The van der Waals surface area contributed by atoms with Gasteiger partial charge in [0.1, 0.15) is 5.69 Å². The minimum Gasteiger partial charge on any atom is -0.478 e. The molecule has 1 aromatic heterocycles. The lowest BCUT2D eigenvalue weighted by Gasteiger charge is -2.29. The standard InChI is InChI=1S/C11H15N3O3/c1-13-5-2-8(11(16)17)9(10(13)15)14-6-3-12-4-7-14/h2,5,12H,3-4,6-7H2,1H3,(H,16,17). The number of aromatic carboxylic acids is 1. The first-order chi connectivity index (χ1) is 8.11. The van der Waals surface area contributed by atoms with Gasteiger partial charge >= 0.3 is 5.97 Å². The van der Waals surface area contributed by atoms with E-state index in [2.05, 4.69) is 5.32 Å². The van der Waals surface area contributed by atoms with Gasteiger partial charge in [-0.3, -0.25) is 4.79 Å². The monoisotopic (exact) mass is 237 g/mol. The molecule has 0 spiro atoms. The van der Waals surface area contributed by atoms with E-state index >= 15 is 0 Å². The molecule has 0 saturated carbocycles. The fourth-order valence-electron chi connectivity index (χ4n) is 1.98. The molecule has 2 N–H and O–H groups in total. The topological polar surface area (TPSA) is 74.6 Å². The Hall–Kier alpha value is -1.82. The van der Waals surface area contributed by atoms with Crippen LogP contribution in [-0.4, -0.2) is 41.8 Å². The largest absolute Gasteiger partial charge is 0.478 e. The number of hydrogen-bond donors (Lipinski definition) is 2. The van der Waals surface area contributed by atoms with Gasteiger partial charge in [-0.2, -0.15) is 0 Å². The first-order valence-corrected chi connectivity index (χ1v) is 5.50. The first kappa shape index (κ1) is 11.7. The number of nitrogens with zero attached hydrogens (tertiary/aromatic N) is 2. The molecular formula is C11H15N3O3. The zero-order chi connectivity index (χ0) is 12.4. The maximum absolute atomic E-state index is 12.0. The second kappa shape index (κ2) is 4.58. The molecule has 1 fully saturated rings. The second-order valence-electron chi connectivity index (χ2n) is 4.04. The Morgan fingerprint density at radius 2 is 2.06 bits per heavy atom. The summed E-state index contributed by atoms with van der Waals surface area (Å²) in [5, 5.41) is 12.3. The summed E-state index contributed by atoms with van der Waals surface area (Å²) in [5.41, 5.74) is 0.116. The van der Waals surface area contributed by atoms with Crippen LogP contribution in [0.25, 0.3) is 0 Å². The summed E-state index contributed by atoms with van der Waals surface area (Å²) in [4.78, 5) is 25.0. The number of carboxylic acid groups (broad SMARTS) is 1. The van der Waals surface area contributed by atoms with Crippen LogP contribution in [0.3, 0.4) is 0 Å². The lowest BCUT2D eigenvalue weighted by molar-refractivity contribution is 0.0697. The number of anilines is 1. The number of aromatic nitrogens is 1. The van der Waals surface area contributed by atoms with E-state index < -0.39 is 5.97 Å². The highest BCUT2D eigenvalue weighted by molar-refractivity contribution is 5.94. The number of aryl methyl sites for hydroxylation is 1. The smallest absolute Gasteiger partial charge is 0.338 e. The summed E-state index contributed by atoms with van der Waals surface area (Å²) >= 11 is 0. The summed E-state index contributed by atoms with van der Waals surface area (Å²) in [6, 6.07) is 1.47. The number of nitrogens with one attached hydrogen (secondary N) is 1. The highest BCUT2D eigenvalue weighted by Crippen LogP contribution is 2.15. The normalized spacial score (nSPS) is 15.9. The van der Waals surface area contributed by atoms with E-state index in [1.165, 1.54) is 16.8 Å². The van der Waals surface area contributed by atoms with E-state index in [1.54, 1.807) is 7.05 Å². The Labute approximate surface area is 98.5 Å². The van der Waals surface area contributed by atoms with Crippen molar-refractivity contribution in [1.29, 1.82) is 0 Å². The average molecular weight is 237 g/mol. The van der Waals surface area contributed by atoms with Gasteiger partial charge in [0.2, 0.25) is 0 Å². The van der Waals surface area contributed by atoms with Crippen LogP contribution in [0.1, 0.15) is 10.4 Å². The third kappa shape index (κ3) is 2.16. The van der Waals surface area contributed by atoms with Crippen molar-refractivity contribution in [2.45, 2.75) is 0 Å². The zero-order valence-corrected chi connectivity index (χ0v) is 9.64. The van der Waals surface area contributed by atoms with Crippen LogP contribution in [0.15, 0.2) is 17.1 Å². The molecule has 6 nitrogen and oxygen atoms in total. The van der Waals surface area contributed by atoms with Crippen molar-refractivity contribution in [1.82, 2.24) is 9.88 Å². The Kier molecular flexibility index (Phi) is 3.14. The Morgan fingerprint density at radius 3 is 2.65 bits per heavy atom. The van der Waals surface area contributed by atoms with Gasteiger partial charge in [-0.25, -0.2) is 4.79 Å². The fraction of sp³-hybridized carbons (Fsp3) is 0.455. The molecule has 0 atom stereocenters. The van der Waals surface area contributed by atoms with Crippen LogP contribution < -0.4 is 15.8 Å². The summed E-state index contributed by atoms with van der Waals surface area (Å²) < 4.78 is 1.41. The molecule has 1 aliphatic heterocycles. The van der Waals surface area contributed by atoms with Crippen molar-refractivity contribution < 1.29 is 9.90 Å². The van der Waals surface area contributed by atoms with Gasteiger partial charge in [0.05, 0.1) is 5.56 Å². The van der Waals surface area contributed by atoms with Gasteiger partial charge in [0.25, 0.3) is 5.56 Å². The lowest BCUT2D eigenvalue weighted by atomic mass is 10.2. The van der Waals surface area contributed by atoms with Gasteiger partial charge in [0.15, 0.2) is 0 Å². The third-order valence-corrected chi connectivity index (χ3v) is 2.91. The maximum Gasteiger partial charge on any atom is 0.338 e. The molecule has 0 aliphatic carbocycles. The molecule has 2 heterocycles. The van der Waals surface area contributed by atoms with Crippen LogP contribution in [0.4, 0.5) is 5.69 Å². The van der Waals surface area contributed by atoms with Crippen LogP contribution in [0.5, 0.6) is 0 Å². The molecule has 0 radical (unpaired) electrons. The van der Waals surface area contributed by atoms with Gasteiger partial charge in [-0.05, 0) is 6.07 Å². The van der Waals surface area contributed by atoms with E-state index in [0.717, 1.165) is 13.1 Å². The number of hydrogen-bond acceptors (Lipinski definition) is 4. The number of piperazine rings is 1. The number of rotatable bonds is 2. The van der Waals surface area contributed by atoms with Crippen molar-refractivity contribution in [2.24, 2.45) is 7.05 Å². The van der Waals surface area contributed by atoms with E-state index in [-0.39, 0.29) is 11.1 Å². The maximum atomic E-state index is 12.0. The quantitative estimate of drug-likeness (QED) is 0.725. The average Bonchev–Trinajstić information content (AvgIpc) is 2.33. The van der Waals surface area contributed by atoms with Gasteiger partial charge in [-0.15, -0.1) is 0 Å². The zero-order valence-electron chi connectivity index (χ0n) is 9.64. The van der Waals surface area contributed by atoms with E-state index in [1.807, 2.05) is 4.90 Å². The van der Waals surface area contributed by atoms with Crippen molar-refractivity contribution in [2.75, 3.05) is 31.1 Å². The number of carbonyl (C=O) groups is 1. The molecule has 0 amide bonds. The SMILES string of the molecule is Cn1ccc(C(=O)O)c(N2CCNCC2)c1=O. The highest BCUT2D eigenvalue weighted by Gasteiger charge is 2.21. The van der Waals surface area contributed by atoms with Crippen molar-refractivity contribution >= 4 is 11.7 Å². The molecule has 17 heavy (non-hydrogen) atoms. The van der Waals surface area contributed by atoms with Crippen LogP contribution in [-0.2, 0) is 7.05 Å².